The zero-order valence-electron chi connectivity index (χ0n) is 11.7. The van der Waals surface area contributed by atoms with Crippen molar-refractivity contribution in [2.24, 2.45) is 4.99 Å². The number of aromatic amines is 2. The molecule has 2 rings (SSSR count). The Morgan fingerprint density at radius 1 is 1.24 bits per heavy atom. The van der Waals surface area contributed by atoms with Crippen molar-refractivity contribution in [3.63, 3.8) is 0 Å². The molecule has 0 spiro atoms. The van der Waals surface area contributed by atoms with E-state index in [0.717, 1.165) is 12.8 Å². The Morgan fingerprint density at radius 2 is 1.95 bits per heavy atom. The van der Waals surface area contributed by atoms with E-state index in [1.54, 1.807) is 0 Å². The van der Waals surface area contributed by atoms with E-state index in [-0.39, 0.29) is 11.6 Å². The summed E-state index contributed by atoms with van der Waals surface area (Å²) in [5.41, 5.74) is -0.215. The highest BCUT2D eigenvalue weighted by molar-refractivity contribution is 5.81. The SMILES string of the molecule is C[C@H](CCc1ccccc1)N=Cc1c(O)[nH]c(=O)[nH]c1=O. The highest BCUT2D eigenvalue weighted by Crippen LogP contribution is 2.08. The van der Waals surface area contributed by atoms with Gasteiger partial charge in [0.25, 0.3) is 5.56 Å². The summed E-state index contributed by atoms with van der Waals surface area (Å²) in [5, 5.41) is 9.53. The summed E-state index contributed by atoms with van der Waals surface area (Å²) in [6.07, 6.45) is 3.00. The second kappa shape index (κ2) is 6.69. The van der Waals surface area contributed by atoms with Gasteiger partial charge >= 0.3 is 5.69 Å². The predicted octanol–water partition coefficient (Wildman–Crippen LogP) is 1.21. The van der Waals surface area contributed by atoms with Crippen LogP contribution < -0.4 is 11.2 Å². The first-order valence-corrected chi connectivity index (χ1v) is 6.69. The molecule has 0 saturated carbocycles. The van der Waals surface area contributed by atoms with Gasteiger partial charge in [0, 0.05) is 12.3 Å². The number of hydrogen-bond donors (Lipinski definition) is 3. The molecule has 0 unspecified atom stereocenters. The third-order valence-electron chi connectivity index (χ3n) is 3.11. The quantitative estimate of drug-likeness (QED) is 0.721. The lowest BCUT2D eigenvalue weighted by atomic mass is 10.1. The van der Waals surface area contributed by atoms with Gasteiger partial charge in [0.2, 0.25) is 5.88 Å². The van der Waals surface area contributed by atoms with Crippen LogP contribution in [-0.4, -0.2) is 27.3 Å². The van der Waals surface area contributed by atoms with Crippen LogP contribution in [0, 0.1) is 0 Å². The molecular weight excluding hydrogens is 270 g/mol. The molecule has 0 radical (unpaired) electrons. The number of benzene rings is 1. The molecule has 110 valence electrons. The Bertz CT molecular complexity index is 732. The van der Waals surface area contributed by atoms with E-state index in [1.165, 1.54) is 11.8 Å². The molecule has 2 aromatic rings. The highest BCUT2D eigenvalue weighted by Gasteiger charge is 2.06. The lowest BCUT2D eigenvalue weighted by Crippen LogP contribution is -2.25. The number of aliphatic imine (C=N–C) groups is 1. The standard InChI is InChI=1S/C15H17N3O3/c1-10(7-8-11-5-3-2-4-6-11)16-9-12-13(19)17-15(21)18-14(12)20/h2-6,9-10H,7-8H2,1H3,(H3,17,18,19,20,21)/t10-/m1/s1. The van der Waals surface area contributed by atoms with E-state index in [1.807, 2.05) is 30.1 Å². The van der Waals surface area contributed by atoms with Crippen LogP contribution in [0.15, 0.2) is 44.9 Å². The summed E-state index contributed by atoms with van der Waals surface area (Å²) in [6, 6.07) is 10.0. The van der Waals surface area contributed by atoms with Gasteiger partial charge in [-0.1, -0.05) is 30.3 Å². The number of nitrogens with zero attached hydrogens (tertiary/aromatic N) is 1. The first-order valence-electron chi connectivity index (χ1n) is 6.69. The molecule has 0 fully saturated rings. The predicted molar refractivity (Wildman–Crippen MR) is 81.2 cm³/mol. The van der Waals surface area contributed by atoms with Crippen LogP contribution in [0.3, 0.4) is 0 Å². The fraction of sp³-hybridized carbons (Fsp3) is 0.267. The number of aromatic nitrogens is 2. The zero-order valence-corrected chi connectivity index (χ0v) is 11.7. The molecule has 1 heterocycles. The van der Waals surface area contributed by atoms with Crippen LogP contribution in [0.25, 0.3) is 0 Å². The molecule has 0 bridgehead atoms. The fourth-order valence-corrected chi connectivity index (χ4v) is 1.90. The molecule has 0 aliphatic heterocycles. The van der Waals surface area contributed by atoms with Crippen LogP contribution in [0.2, 0.25) is 0 Å². The Morgan fingerprint density at radius 3 is 2.62 bits per heavy atom. The van der Waals surface area contributed by atoms with Gasteiger partial charge in [-0.25, -0.2) is 4.79 Å². The number of nitrogens with one attached hydrogen (secondary N) is 2. The summed E-state index contributed by atoms with van der Waals surface area (Å²) in [5.74, 6) is -0.470. The molecule has 1 aromatic carbocycles. The normalized spacial score (nSPS) is 12.6. The molecule has 6 heteroatoms. The Balaban J connectivity index is 2.01. The van der Waals surface area contributed by atoms with Crippen LogP contribution >= 0.6 is 0 Å². The van der Waals surface area contributed by atoms with Gasteiger partial charge in [-0.15, -0.1) is 0 Å². The molecule has 21 heavy (non-hydrogen) atoms. The van der Waals surface area contributed by atoms with Crippen molar-refractivity contribution < 1.29 is 5.11 Å². The third-order valence-corrected chi connectivity index (χ3v) is 3.11. The van der Waals surface area contributed by atoms with Gasteiger partial charge in [0.15, 0.2) is 0 Å². The van der Waals surface area contributed by atoms with Crippen molar-refractivity contribution >= 4 is 6.21 Å². The number of H-pyrrole nitrogens is 2. The maximum absolute atomic E-state index is 11.5. The third kappa shape index (κ3) is 4.17. The molecule has 1 aromatic heterocycles. The molecule has 0 saturated heterocycles. The minimum absolute atomic E-state index is 0.00376. The number of hydrogen-bond acceptors (Lipinski definition) is 4. The van der Waals surface area contributed by atoms with Crippen LogP contribution in [0.4, 0.5) is 0 Å². The number of rotatable bonds is 5. The lowest BCUT2D eigenvalue weighted by molar-refractivity contribution is 0.447. The van der Waals surface area contributed by atoms with Gasteiger partial charge in [-0.2, -0.15) is 0 Å². The maximum atomic E-state index is 11.5. The summed E-state index contributed by atoms with van der Waals surface area (Å²) in [6.45, 7) is 1.93. The Hall–Kier alpha value is -2.63. The average molecular weight is 287 g/mol. The molecule has 0 aliphatic rings. The van der Waals surface area contributed by atoms with E-state index < -0.39 is 17.1 Å². The van der Waals surface area contributed by atoms with E-state index in [0.29, 0.717) is 0 Å². The van der Waals surface area contributed by atoms with E-state index >= 15 is 0 Å². The van der Waals surface area contributed by atoms with Gasteiger partial charge in [0.05, 0.1) is 0 Å². The van der Waals surface area contributed by atoms with Crippen molar-refractivity contribution in [1.29, 1.82) is 0 Å². The molecule has 3 N–H and O–H groups in total. The first-order chi connectivity index (χ1) is 10.1. The van der Waals surface area contributed by atoms with Gasteiger partial charge in [-0.3, -0.25) is 19.8 Å². The summed E-state index contributed by atoms with van der Waals surface area (Å²) in [7, 11) is 0. The van der Waals surface area contributed by atoms with Gasteiger partial charge in [0.1, 0.15) is 5.56 Å². The molecular formula is C15H17N3O3. The van der Waals surface area contributed by atoms with E-state index in [9.17, 15) is 14.7 Å². The lowest BCUT2D eigenvalue weighted by Gasteiger charge is -2.06. The molecule has 0 amide bonds. The second-order valence-electron chi connectivity index (χ2n) is 4.82. The number of aromatic hydroxyl groups is 1. The minimum atomic E-state index is -0.744. The molecule has 0 aliphatic carbocycles. The van der Waals surface area contributed by atoms with Crippen LogP contribution in [0.1, 0.15) is 24.5 Å². The second-order valence-corrected chi connectivity index (χ2v) is 4.82. The van der Waals surface area contributed by atoms with E-state index in [4.69, 9.17) is 0 Å². The minimum Gasteiger partial charge on any atom is -0.494 e. The van der Waals surface area contributed by atoms with Crippen molar-refractivity contribution in [2.75, 3.05) is 0 Å². The van der Waals surface area contributed by atoms with Crippen molar-refractivity contribution in [1.82, 2.24) is 9.97 Å². The van der Waals surface area contributed by atoms with Crippen LogP contribution in [0.5, 0.6) is 5.88 Å². The molecule has 6 nitrogen and oxygen atoms in total. The Labute approximate surface area is 121 Å². The van der Waals surface area contributed by atoms with Crippen molar-refractivity contribution in [2.45, 2.75) is 25.8 Å². The fourth-order valence-electron chi connectivity index (χ4n) is 1.90. The molecule has 1 atom stereocenters. The topological polar surface area (TPSA) is 98.3 Å². The summed E-state index contributed by atoms with van der Waals surface area (Å²) in [4.78, 5) is 30.9. The smallest absolute Gasteiger partial charge is 0.328 e. The highest BCUT2D eigenvalue weighted by atomic mass is 16.3. The number of aryl methyl sites for hydroxylation is 1. The Kier molecular flexibility index (Phi) is 4.71. The monoisotopic (exact) mass is 287 g/mol. The van der Waals surface area contributed by atoms with Gasteiger partial charge < -0.3 is 5.11 Å². The van der Waals surface area contributed by atoms with Crippen molar-refractivity contribution in [3.8, 4) is 5.88 Å². The maximum Gasteiger partial charge on any atom is 0.328 e. The summed E-state index contributed by atoms with van der Waals surface area (Å²) < 4.78 is 0. The average Bonchev–Trinajstić information content (AvgIpc) is 2.45. The van der Waals surface area contributed by atoms with Crippen molar-refractivity contribution in [3.05, 3.63) is 62.3 Å². The summed E-state index contributed by atoms with van der Waals surface area (Å²) >= 11 is 0. The van der Waals surface area contributed by atoms with E-state index in [2.05, 4.69) is 22.1 Å². The first kappa shape index (κ1) is 14.8. The van der Waals surface area contributed by atoms with Gasteiger partial charge in [-0.05, 0) is 25.3 Å². The zero-order chi connectivity index (χ0) is 15.2. The largest absolute Gasteiger partial charge is 0.494 e. The van der Waals surface area contributed by atoms with Crippen LogP contribution in [-0.2, 0) is 6.42 Å².